The molecule has 0 spiro atoms. The van der Waals surface area contributed by atoms with E-state index >= 15 is 0 Å². The minimum Gasteiger partial charge on any atom is -0.483 e. The summed E-state index contributed by atoms with van der Waals surface area (Å²) in [4.78, 5) is 0. The maximum absolute atomic E-state index is 5.73. The van der Waals surface area contributed by atoms with Gasteiger partial charge in [0.25, 0.3) is 5.89 Å². The summed E-state index contributed by atoms with van der Waals surface area (Å²) < 4.78 is 12.0. The van der Waals surface area contributed by atoms with Crippen LogP contribution in [-0.4, -0.2) is 16.7 Å². The second-order valence-electron chi connectivity index (χ2n) is 4.04. The van der Waals surface area contributed by atoms with Gasteiger partial charge in [0.05, 0.1) is 0 Å². The van der Waals surface area contributed by atoms with Gasteiger partial charge >= 0.3 is 0 Å². The summed E-state index contributed by atoms with van der Waals surface area (Å²) in [5.74, 6) is 1.84. The molecular weight excluding hydrogens is 310 g/mol. The number of halogens is 1. The van der Waals surface area contributed by atoms with E-state index in [9.17, 15) is 0 Å². The van der Waals surface area contributed by atoms with Crippen molar-refractivity contribution in [2.45, 2.75) is 27.0 Å². The van der Waals surface area contributed by atoms with Gasteiger partial charge in [-0.1, -0.05) is 22.9 Å². The van der Waals surface area contributed by atoms with Gasteiger partial charge < -0.3 is 14.5 Å². The zero-order chi connectivity index (χ0) is 13.7. The van der Waals surface area contributed by atoms with Crippen LogP contribution in [-0.2, 0) is 13.2 Å². The molecule has 0 amide bonds. The van der Waals surface area contributed by atoms with Crippen LogP contribution in [0.2, 0.25) is 0 Å². The van der Waals surface area contributed by atoms with Gasteiger partial charge in [0.2, 0.25) is 5.89 Å². The van der Waals surface area contributed by atoms with E-state index in [0.717, 1.165) is 28.9 Å². The Labute approximate surface area is 120 Å². The molecule has 5 nitrogen and oxygen atoms in total. The van der Waals surface area contributed by atoms with Gasteiger partial charge in [0.15, 0.2) is 6.61 Å². The van der Waals surface area contributed by atoms with Crippen molar-refractivity contribution in [3.05, 3.63) is 40.0 Å². The normalized spacial score (nSPS) is 10.7. The SMILES string of the molecule is CCNCc1cc(Br)ccc1OCc1nnc(C)o1. The summed E-state index contributed by atoms with van der Waals surface area (Å²) in [5, 5.41) is 11.0. The van der Waals surface area contributed by atoms with Crippen LogP contribution in [0.25, 0.3) is 0 Å². The third kappa shape index (κ3) is 4.04. The fourth-order valence-electron chi connectivity index (χ4n) is 1.62. The van der Waals surface area contributed by atoms with Gasteiger partial charge in [0.1, 0.15) is 5.75 Å². The van der Waals surface area contributed by atoms with E-state index in [1.54, 1.807) is 6.92 Å². The Kier molecular flexibility index (Phi) is 4.93. The lowest BCUT2D eigenvalue weighted by molar-refractivity contribution is 0.257. The van der Waals surface area contributed by atoms with E-state index in [4.69, 9.17) is 9.15 Å². The van der Waals surface area contributed by atoms with Crippen molar-refractivity contribution >= 4 is 15.9 Å². The lowest BCUT2D eigenvalue weighted by Gasteiger charge is -2.11. The van der Waals surface area contributed by atoms with Crippen molar-refractivity contribution in [1.82, 2.24) is 15.5 Å². The molecule has 0 aliphatic rings. The first-order valence-electron chi connectivity index (χ1n) is 6.10. The van der Waals surface area contributed by atoms with Gasteiger partial charge in [0, 0.05) is 23.5 Å². The summed E-state index contributed by atoms with van der Waals surface area (Å²) in [5.41, 5.74) is 1.09. The van der Waals surface area contributed by atoms with Gasteiger partial charge in [-0.15, -0.1) is 10.2 Å². The highest BCUT2D eigenvalue weighted by atomic mass is 79.9. The highest BCUT2D eigenvalue weighted by molar-refractivity contribution is 9.10. The number of nitrogens with zero attached hydrogens (tertiary/aromatic N) is 2. The molecule has 0 radical (unpaired) electrons. The van der Waals surface area contributed by atoms with E-state index in [0.29, 0.717) is 11.8 Å². The molecule has 0 atom stereocenters. The minimum absolute atomic E-state index is 0.279. The maximum atomic E-state index is 5.73. The molecule has 0 saturated heterocycles. The fourth-order valence-corrected chi connectivity index (χ4v) is 2.03. The van der Waals surface area contributed by atoms with Crippen LogP contribution >= 0.6 is 15.9 Å². The Morgan fingerprint density at radius 1 is 1.37 bits per heavy atom. The molecule has 2 aromatic rings. The largest absolute Gasteiger partial charge is 0.483 e. The van der Waals surface area contributed by atoms with Crippen molar-refractivity contribution in [2.75, 3.05) is 6.54 Å². The molecule has 102 valence electrons. The first-order valence-corrected chi connectivity index (χ1v) is 6.89. The molecule has 0 aliphatic carbocycles. The molecule has 0 fully saturated rings. The first-order chi connectivity index (χ1) is 9.19. The number of rotatable bonds is 6. The minimum atomic E-state index is 0.279. The predicted octanol–water partition coefficient (Wildman–Crippen LogP) is 2.83. The van der Waals surface area contributed by atoms with Gasteiger partial charge in [-0.2, -0.15) is 0 Å². The Hall–Kier alpha value is -1.40. The lowest BCUT2D eigenvalue weighted by atomic mass is 10.2. The number of benzene rings is 1. The van der Waals surface area contributed by atoms with Gasteiger partial charge in [-0.05, 0) is 24.7 Å². The van der Waals surface area contributed by atoms with E-state index < -0.39 is 0 Å². The van der Waals surface area contributed by atoms with Crippen LogP contribution in [0.1, 0.15) is 24.3 Å². The molecule has 1 aromatic carbocycles. The molecule has 2 rings (SSSR count). The molecular formula is C13H16BrN3O2. The summed E-state index contributed by atoms with van der Waals surface area (Å²) in [6.45, 7) is 5.77. The molecule has 1 N–H and O–H groups in total. The fraction of sp³-hybridized carbons (Fsp3) is 0.385. The zero-order valence-electron chi connectivity index (χ0n) is 10.9. The summed E-state index contributed by atoms with van der Waals surface area (Å²) in [6.07, 6.45) is 0. The Morgan fingerprint density at radius 2 is 2.21 bits per heavy atom. The monoisotopic (exact) mass is 325 g/mol. The number of hydrogen-bond acceptors (Lipinski definition) is 5. The smallest absolute Gasteiger partial charge is 0.253 e. The molecule has 6 heteroatoms. The summed E-state index contributed by atoms with van der Waals surface area (Å²) in [6, 6.07) is 5.92. The topological polar surface area (TPSA) is 60.2 Å². The van der Waals surface area contributed by atoms with Crippen molar-refractivity contribution in [2.24, 2.45) is 0 Å². The van der Waals surface area contributed by atoms with E-state index in [1.807, 2.05) is 18.2 Å². The number of nitrogens with one attached hydrogen (secondary N) is 1. The average molecular weight is 326 g/mol. The van der Waals surface area contributed by atoms with Crippen LogP contribution < -0.4 is 10.1 Å². The number of hydrogen-bond donors (Lipinski definition) is 1. The van der Waals surface area contributed by atoms with Crippen LogP contribution in [0, 0.1) is 6.92 Å². The summed E-state index contributed by atoms with van der Waals surface area (Å²) >= 11 is 3.46. The maximum Gasteiger partial charge on any atom is 0.253 e. The second-order valence-corrected chi connectivity index (χ2v) is 4.95. The number of aryl methyl sites for hydroxylation is 1. The molecule has 1 aromatic heterocycles. The van der Waals surface area contributed by atoms with E-state index in [2.05, 4.69) is 38.4 Å². The third-order valence-corrected chi connectivity index (χ3v) is 3.00. The highest BCUT2D eigenvalue weighted by Crippen LogP contribution is 2.24. The second kappa shape index (κ2) is 6.68. The van der Waals surface area contributed by atoms with Crippen molar-refractivity contribution < 1.29 is 9.15 Å². The Morgan fingerprint density at radius 3 is 2.89 bits per heavy atom. The van der Waals surface area contributed by atoms with Crippen molar-refractivity contribution in [1.29, 1.82) is 0 Å². The van der Waals surface area contributed by atoms with Crippen LogP contribution in [0.5, 0.6) is 5.75 Å². The number of aromatic nitrogens is 2. The average Bonchev–Trinajstić information content (AvgIpc) is 2.81. The molecule has 1 heterocycles. The molecule has 0 aliphatic heterocycles. The third-order valence-electron chi connectivity index (χ3n) is 2.51. The zero-order valence-corrected chi connectivity index (χ0v) is 12.5. The molecule has 19 heavy (non-hydrogen) atoms. The quantitative estimate of drug-likeness (QED) is 0.884. The van der Waals surface area contributed by atoms with Crippen LogP contribution in [0.3, 0.4) is 0 Å². The van der Waals surface area contributed by atoms with E-state index in [-0.39, 0.29) is 6.61 Å². The summed E-state index contributed by atoms with van der Waals surface area (Å²) in [7, 11) is 0. The van der Waals surface area contributed by atoms with Gasteiger partial charge in [-0.3, -0.25) is 0 Å². The first kappa shape index (κ1) is 14.0. The standard InChI is InChI=1S/C13H16BrN3O2/c1-3-15-7-10-6-11(14)4-5-12(10)18-8-13-17-16-9(2)19-13/h4-6,15H,3,7-8H2,1-2H3. The highest BCUT2D eigenvalue weighted by Gasteiger charge is 2.07. The van der Waals surface area contributed by atoms with Crippen molar-refractivity contribution in [3.63, 3.8) is 0 Å². The van der Waals surface area contributed by atoms with Crippen LogP contribution in [0.15, 0.2) is 27.1 Å². The lowest BCUT2D eigenvalue weighted by Crippen LogP contribution is -2.13. The molecule has 0 unspecified atom stereocenters. The number of ether oxygens (including phenoxy) is 1. The molecule has 0 saturated carbocycles. The Balaban J connectivity index is 2.05. The Bertz CT molecular complexity index is 542. The van der Waals surface area contributed by atoms with Crippen LogP contribution in [0.4, 0.5) is 0 Å². The van der Waals surface area contributed by atoms with Crippen molar-refractivity contribution in [3.8, 4) is 5.75 Å². The molecule has 0 bridgehead atoms. The van der Waals surface area contributed by atoms with E-state index in [1.165, 1.54) is 0 Å². The predicted molar refractivity (Wildman–Crippen MR) is 74.9 cm³/mol. The van der Waals surface area contributed by atoms with Gasteiger partial charge in [-0.25, -0.2) is 0 Å².